The zero-order valence-electron chi connectivity index (χ0n) is 20.6. The first-order valence-electron chi connectivity index (χ1n) is 12.0. The van der Waals surface area contributed by atoms with E-state index < -0.39 is 38.5 Å². The zero-order valence-corrected chi connectivity index (χ0v) is 24.8. The third-order valence-corrected chi connectivity index (χ3v) is 27.7. The first kappa shape index (κ1) is 27.3. The molecule has 0 saturated heterocycles. The van der Waals surface area contributed by atoms with Crippen LogP contribution in [0.15, 0.2) is 161 Å². The Hall–Kier alpha value is -3.26. The van der Waals surface area contributed by atoms with Gasteiger partial charge in [0.1, 0.15) is 0 Å². The third kappa shape index (κ3) is 4.95. The van der Waals surface area contributed by atoms with Crippen LogP contribution in [-0.2, 0) is 25.2 Å². The van der Waals surface area contributed by atoms with E-state index in [-0.39, 0.29) is 9.79 Å². The summed E-state index contributed by atoms with van der Waals surface area (Å²) < 4.78 is 70.6. The number of benzene rings is 5. The molecule has 0 aromatic heterocycles. The van der Waals surface area contributed by atoms with Crippen LogP contribution in [-0.4, -0.2) is 35.1 Å². The molecule has 0 aliphatic heterocycles. The Morgan fingerprint density at radius 1 is 0.359 bits per heavy atom. The molecular weight excluding hydrogens is 642 g/mol. The van der Waals surface area contributed by atoms with Crippen molar-refractivity contribution in [2.75, 3.05) is 0 Å². The molecular formula is C30H25O6S2Sb. The first-order valence-corrected chi connectivity index (χ1v) is 20.7. The normalized spacial score (nSPS) is 13.3. The van der Waals surface area contributed by atoms with Gasteiger partial charge in [0.25, 0.3) is 0 Å². The van der Waals surface area contributed by atoms with Gasteiger partial charge in [0.15, 0.2) is 0 Å². The van der Waals surface area contributed by atoms with Crippen molar-refractivity contribution in [3.63, 3.8) is 0 Å². The van der Waals surface area contributed by atoms with Crippen molar-refractivity contribution in [2.24, 2.45) is 0 Å². The molecule has 0 bridgehead atoms. The third-order valence-electron chi connectivity index (χ3n) is 6.22. The predicted molar refractivity (Wildman–Crippen MR) is 153 cm³/mol. The molecule has 0 aliphatic carbocycles. The van der Waals surface area contributed by atoms with E-state index in [1.165, 1.54) is 24.3 Å². The van der Waals surface area contributed by atoms with Gasteiger partial charge in [-0.15, -0.1) is 0 Å². The van der Waals surface area contributed by atoms with Crippen molar-refractivity contribution in [1.82, 2.24) is 0 Å². The van der Waals surface area contributed by atoms with Crippen LogP contribution in [0.25, 0.3) is 0 Å². The maximum absolute atomic E-state index is 14.1. The predicted octanol–water partition coefficient (Wildman–Crippen LogP) is 3.92. The molecule has 0 aliphatic rings. The Bertz CT molecular complexity index is 1590. The molecule has 6 nitrogen and oxygen atoms in total. The molecule has 0 N–H and O–H groups in total. The van der Waals surface area contributed by atoms with Gasteiger partial charge in [-0.3, -0.25) is 0 Å². The Morgan fingerprint density at radius 2 is 0.590 bits per heavy atom. The summed E-state index contributed by atoms with van der Waals surface area (Å²) in [5.41, 5.74) is 0. The van der Waals surface area contributed by atoms with Crippen LogP contribution >= 0.6 is 0 Å². The second-order valence-corrected chi connectivity index (χ2v) is 24.1. The van der Waals surface area contributed by atoms with Crippen LogP contribution in [0.4, 0.5) is 0 Å². The van der Waals surface area contributed by atoms with E-state index in [4.69, 9.17) is 4.92 Å². The Morgan fingerprint density at radius 3 is 0.846 bits per heavy atom. The molecule has 5 aromatic rings. The molecule has 198 valence electrons. The number of hydrogen-bond acceptors (Lipinski definition) is 6. The molecule has 5 aromatic carbocycles. The van der Waals surface area contributed by atoms with Crippen molar-refractivity contribution in [3.05, 3.63) is 152 Å². The Kier molecular flexibility index (Phi) is 7.51. The van der Waals surface area contributed by atoms with Crippen LogP contribution in [0, 0.1) is 0 Å². The summed E-state index contributed by atoms with van der Waals surface area (Å²) >= 11 is -6.55. The zero-order chi connectivity index (χ0) is 27.4. The second-order valence-electron chi connectivity index (χ2n) is 8.65. The van der Waals surface area contributed by atoms with Crippen LogP contribution in [0.2, 0.25) is 0 Å². The van der Waals surface area contributed by atoms with Gasteiger partial charge in [0, 0.05) is 0 Å². The van der Waals surface area contributed by atoms with Crippen LogP contribution in [0.5, 0.6) is 0 Å². The molecule has 5 rings (SSSR count). The van der Waals surface area contributed by atoms with E-state index in [0.29, 0.717) is 10.5 Å². The van der Waals surface area contributed by atoms with E-state index in [9.17, 15) is 16.8 Å². The number of rotatable bonds is 9. The summed E-state index contributed by atoms with van der Waals surface area (Å²) in [5.74, 6) is 0. The SMILES string of the molecule is O=S(=O)([O][Sb]([O]S(=O)(=O)c1ccccc1)([c]1ccccc1)([c]1ccccc1)[c]1ccccc1)c1ccccc1. The molecule has 0 amide bonds. The van der Waals surface area contributed by atoms with Gasteiger partial charge in [-0.1, -0.05) is 0 Å². The van der Waals surface area contributed by atoms with Crippen LogP contribution < -0.4 is 10.5 Å². The molecule has 0 unspecified atom stereocenters. The average molecular weight is 667 g/mol. The fourth-order valence-electron chi connectivity index (χ4n) is 4.45. The maximum atomic E-state index is 14.1. The van der Waals surface area contributed by atoms with Crippen molar-refractivity contribution in [2.45, 2.75) is 9.79 Å². The molecule has 0 heterocycles. The molecule has 39 heavy (non-hydrogen) atoms. The Balaban J connectivity index is 1.97. The van der Waals surface area contributed by atoms with Crippen LogP contribution in [0.3, 0.4) is 0 Å². The topological polar surface area (TPSA) is 86.7 Å². The molecule has 0 fully saturated rings. The summed E-state index contributed by atoms with van der Waals surface area (Å²) in [7, 11) is -9.15. The Labute approximate surface area is 230 Å². The molecule has 0 spiro atoms. The monoisotopic (exact) mass is 666 g/mol. The van der Waals surface area contributed by atoms with Gasteiger partial charge in [-0.25, -0.2) is 0 Å². The van der Waals surface area contributed by atoms with Crippen molar-refractivity contribution >= 4 is 49.0 Å². The quantitative estimate of drug-likeness (QED) is 0.222. The van der Waals surface area contributed by atoms with Gasteiger partial charge in [-0.05, 0) is 0 Å². The summed E-state index contributed by atoms with van der Waals surface area (Å²) in [5, 5.41) is 0. The van der Waals surface area contributed by atoms with Gasteiger partial charge >= 0.3 is 232 Å². The van der Waals surface area contributed by atoms with E-state index in [1.54, 1.807) is 127 Å². The van der Waals surface area contributed by atoms with Crippen molar-refractivity contribution in [3.8, 4) is 0 Å². The van der Waals surface area contributed by atoms with E-state index in [1.807, 2.05) is 0 Å². The summed E-state index contributed by atoms with van der Waals surface area (Å²) in [6, 6.07) is 40.9. The van der Waals surface area contributed by atoms with Crippen LogP contribution in [0.1, 0.15) is 0 Å². The van der Waals surface area contributed by atoms with E-state index in [2.05, 4.69) is 0 Å². The average Bonchev–Trinajstić information content (AvgIpc) is 2.99. The second kappa shape index (κ2) is 10.7. The fraction of sp³-hybridized carbons (Fsp3) is 0. The van der Waals surface area contributed by atoms with Gasteiger partial charge in [0.05, 0.1) is 0 Å². The molecule has 0 saturated carbocycles. The molecule has 0 radical (unpaired) electrons. The van der Waals surface area contributed by atoms with Crippen molar-refractivity contribution in [1.29, 1.82) is 0 Å². The first-order chi connectivity index (χ1) is 18.8. The summed E-state index contributed by atoms with van der Waals surface area (Å²) in [6.07, 6.45) is 0. The fourth-order valence-corrected chi connectivity index (χ4v) is 28.6. The van der Waals surface area contributed by atoms with Gasteiger partial charge in [0.2, 0.25) is 0 Å². The standard InChI is InChI=1S/2C6H6O3S.3C6H5.Sb/c2*7-10(8,9)6-4-2-1-3-5-6;3*1-2-4-6-5-3-1;/h2*1-5H,(H,7,8,9);3*1-5H;/q;;;;;+2/p-2. The summed E-state index contributed by atoms with van der Waals surface area (Å²) in [4.78, 5) is -0.238. The number of hydrogen-bond donors (Lipinski definition) is 0. The molecule has 0 atom stereocenters. The van der Waals surface area contributed by atoms with Crippen molar-refractivity contribution < 1.29 is 21.8 Å². The summed E-state index contributed by atoms with van der Waals surface area (Å²) in [6.45, 7) is 0. The van der Waals surface area contributed by atoms with Gasteiger partial charge in [-0.2, -0.15) is 0 Å². The van der Waals surface area contributed by atoms with Gasteiger partial charge < -0.3 is 0 Å². The molecule has 9 heteroatoms. The minimum atomic E-state index is -6.55. The van der Waals surface area contributed by atoms with E-state index in [0.717, 1.165) is 0 Å². The van der Waals surface area contributed by atoms with E-state index >= 15 is 0 Å². The minimum absolute atomic E-state index is 0.119.